The first-order valence-corrected chi connectivity index (χ1v) is 3.17. The normalized spacial score (nSPS) is 9.36. The summed E-state index contributed by atoms with van der Waals surface area (Å²) in [4.78, 5) is 0. The Balaban J connectivity index is 2.83. The zero-order valence-electron chi connectivity index (χ0n) is 6.32. The molecule has 0 unspecified atom stereocenters. The van der Waals surface area contributed by atoms with E-state index in [0.717, 1.165) is 16.6 Å². The second-order valence-corrected chi connectivity index (χ2v) is 2.11. The molecule has 0 heterocycles. The van der Waals surface area contributed by atoms with E-state index in [1.807, 2.05) is 0 Å². The Morgan fingerprint density at radius 3 is 2.09 bits per heavy atom. The molecule has 0 atom stereocenters. The van der Waals surface area contributed by atoms with Crippen molar-refractivity contribution in [3.63, 3.8) is 0 Å². The lowest BCUT2D eigenvalue weighted by atomic mass is 10.3. The van der Waals surface area contributed by atoms with Gasteiger partial charge in [0.15, 0.2) is 0 Å². The zero-order valence-corrected chi connectivity index (χ0v) is 6.32. The van der Waals surface area contributed by atoms with E-state index in [-0.39, 0.29) is 0 Å². The van der Waals surface area contributed by atoms with E-state index in [9.17, 15) is 0 Å². The lowest BCUT2D eigenvalue weighted by Crippen LogP contribution is -2.37. The molecule has 0 saturated heterocycles. The molecule has 0 aliphatic rings. The van der Waals surface area contributed by atoms with E-state index in [1.54, 1.807) is 31.4 Å². The summed E-state index contributed by atoms with van der Waals surface area (Å²) >= 11 is 0. The molecular weight excluding hydrogens is 142 g/mol. The number of hydrazine groups is 2. The van der Waals surface area contributed by atoms with Gasteiger partial charge in [-0.1, -0.05) is 0 Å². The molecule has 1 rings (SSSR count). The van der Waals surface area contributed by atoms with Crippen LogP contribution in [0.5, 0.6) is 5.75 Å². The molecule has 1 aromatic carbocycles. The van der Waals surface area contributed by atoms with E-state index in [2.05, 4.69) is 0 Å². The molecule has 11 heavy (non-hydrogen) atoms. The van der Waals surface area contributed by atoms with Crippen LogP contribution in [-0.4, -0.2) is 7.11 Å². The predicted octanol–water partition coefficient (Wildman–Crippen LogP) is 0.249. The molecule has 0 amide bonds. The molecule has 0 radical (unpaired) electrons. The monoisotopic (exact) mass is 153 g/mol. The Hall–Kier alpha value is -1.26. The first-order chi connectivity index (χ1) is 5.24. The van der Waals surface area contributed by atoms with Crippen molar-refractivity contribution in [1.29, 1.82) is 0 Å². The fourth-order valence-electron chi connectivity index (χ4n) is 0.754. The van der Waals surface area contributed by atoms with Crippen molar-refractivity contribution in [1.82, 2.24) is 0 Å². The van der Waals surface area contributed by atoms with E-state index < -0.39 is 0 Å². The number of hydrogen-bond acceptors (Lipinski definition) is 4. The quantitative estimate of drug-likeness (QED) is 0.472. The van der Waals surface area contributed by atoms with Gasteiger partial charge in [-0.3, -0.25) is 0 Å². The zero-order chi connectivity index (χ0) is 8.27. The maximum absolute atomic E-state index is 5.28. The lowest BCUT2D eigenvalue weighted by Gasteiger charge is -2.10. The number of nitrogens with zero attached hydrogens (tertiary/aromatic N) is 1. The summed E-state index contributed by atoms with van der Waals surface area (Å²) in [6.45, 7) is 0. The summed E-state index contributed by atoms with van der Waals surface area (Å²) in [5, 5.41) is 1.06. The van der Waals surface area contributed by atoms with Gasteiger partial charge in [-0.15, -0.1) is 0 Å². The number of benzene rings is 1. The van der Waals surface area contributed by atoms with Crippen LogP contribution < -0.4 is 21.5 Å². The van der Waals surface area contributed by atoms with Crippen molar-refractivity contribution in [3.8, 4) is 5.75 Å². The number of nitrogens with two attached hydrogens (primary N) is 2. The van der Waals surface area contributed by atoms with Crippen LogP contribution >= 0.6 is 0 Å². The van der Waals surface area contributed by atoms with Crippen molar-refractivity contribution in [3.05, 3.63) is 24.3 Å². The highest BCUT2D eigenvalue weighted by atomic mass is 16.5. The van der Waals surface area contributed by atoms with E-state index in [1.165, 1.54) is 0 Å². The van der Waals surface area contributed by atoms with Crippen LogP contribution in [0.15, 0.2) is 24.3 Å². The summed E-state index contributed by atoms with van der Waals surface area (Å²) in [7, 11) is 1.61. The van der Waals surface area contributed by atoms with Crippen molar-refractivity contribution in [2.45, 2.75) is 0 Å². The maximum atomic E-state index is 5.28. The standard InChI is InChI=1S/C7H11N3O/c1-11-7-4-2-6(3-5-7)10(8)9/h2-5H,8-9H2,1H3. The number of hydrogen-bond donors (Lipinski definition) is 2. The van der Waals surface area contributed by atoms with Gasteiger partial charge in [0.25, 0.3) is 0 Å². The summed E-state index contributed by atoms with van der Waals surface area (Å²) in [5.74, 6) is 11.3. The molecule has 60 valence electrons. The van der Waals surface area contributed by atoms with E-state index in [0.29, 0.717) is 0 Å². The third kappa shape index (κ3) is 1.83. The van der Waals surface area contributed by atoms with Gasteiger partial charge < -0.3 is 4.74 Å². The topological polar surface area (TPSA) is 64.5 Å². The Morgan fingerprint density at radius 1 is 1.18 bits per heavy atom. The molecule has 4 N–H and O–H groups in total. The number of ether oxygens (including phenoxy) is 1. The van der Waals surface area contributed by atoms with Crippen molar-refractivity contribution < 1.29 is 4.74 Å². The minimum atomic E-state index is 0.741. The third-order valence-corrected chi connectivity index (χ3v) is 1.37. The Bertz CT molecular complexity index is 220. The molecule has 0 fully saturated rings. The summed E-state index contributed by atoms with van der Waals surface area (Å²) in [5.41, 5.74) is 0.741. The van der Waals surface area contributed by atoms with Gasteiger partial charge in [0.2, 0.25) is 0 Å². The highest BCUT2D eigenvalue weighted by molar-refractivity contribution is 5.46. The minimum Gasteiger partial charge on any atom is -0.497 e. The van der Waals surface area contributed by atoms with E-state index in [4.69, 9.17) is 16.4 Å². The van der Waals surface area contributed by atoms with Crippen molar-refractivity contribution in [2.24, 2.45) is 11.7 Å². The van der Waals surface area contributed by atoms with Gasteiger partial charge in [-0.05, 0) is 24.3 Å². The number of anilines is 1. The lowest BCUT2D eigenvalue weighted by molar-refractivity contribution is 0.415. The third-order valence-electron chi connectivity index (χ3n) is 1.37. The van der Waals surface area contributed by atoms with Crippen LogP contribution in [-0.2, 0) is 0 Å². The average Bonchev–Trinajstić information content (AvgIpc) is 2.05. The SMILES string of the molecule is COc1ccc(N(N)N)cc1. The van der Waals surface area contributed by atoms with Gasteiger partial charge in [0.05, 0.1) is 12.8 Å². The smallest absolute Gasteiger partial charge is 0.119 e. The van der Waals surface area contributed by atoms with Crippen LogP contribution in [0.2, 0.25) is 0 Å². The van der Waals surface area contributed by atoms with Gasteiger partial charge >= 0.3 is 0 Å². The van der Waals surface area contributed by atoms with Gasteiger partial charge in [0, 0.05) is 0 Å². The van der Waals surface area contributed by atoms with Crippen molar-refractivity contribution >= 4 is 5.69 Å². The number of rotatable bonds is 2. The summed E-state index contributed by atoms with van der Waals surface area (Å²) in [6, 6.07) is 7.14. The van der Waals surface area contributed by atoms with Gasteiger partial charge in [-0.25, -0.2) is 16.8 Å². The fourth-order valence-corrected chi connectivity index (χ4v) is 0.754. The molecule has 4 nitrogen and oxygen atoms in total. The van der Waals surface area contributed by atoms with E-state index >= 15 is 0 Å². The molecule has 4 heteroatoms. The second kappa shape index (κ2) is 3.23. The molecule has 1 aromatic rings. The first kappa shape index (κ1) is 7.84. The van der Waals surface area contributed by atoms with Gasteiger partial charge in [-0.2, -0.15) is 0 Å². The molecule has 0 bridgehead atoms. The molecule has 0 saturated carbocycles. The summed E-state index contributed by atoms with van der Waals surface area (Å²) in [6.07, 6.45) is 0. The Kier molecular flexibility index (Phi) is 2.30. The van der Waals surface area contributed by atoms with Gasteiger partial charge in [0.1, 0.15) is 5.75 Å². The largest absolute Gasteiger partial charge is 0.497 e. The maximum Gasteiger partial charge on any atom is 0.119 e. The van der Waals surface area contributed by atoms with Crippen LogP contribution in [0, 0.1) is 0 Å². The minimum absolute atomic E-state index is 0.741. The molecule has 0 aromatic heterocycles. The van der Waals surface area contributed by atoms with Crippen LogP contribution in [0.1, 0.15) is 0 Å². The van der Waals surface area contributed by atoms with Crippen LogP contribution in [0.4, 0.5) is 5.69 Å². The Labute approximate surface area is 65.3 Å². The predicted molar refractivity (Wildman–Crippen MR) is 43.8 cm³/mol. The molecule has 0 spiro atoms. The van der Waals surface area contributed by atoms with Crippen molar-refractivity contribution in [2.75, 3.05) is 12.2 Å². The highest BCUT2D eigenvalue weighted by Gasteiger charge is 1.94. The second-order valence-electron chi connectivity index (χ2n) is 2.11. The summed E-state index contributed by atoms with van der Waals surface area (Å²) < 4.78 is 4.95. The van der Waals surface area contributed by atoms with Crippen LogP contribution in [0.3, 0.4) is 0 Å². The molecular formula is C7H11N3O. The average molecular weight is 153 g/mol. The van der Waals surface area contributed by atoms with Crippen LogP contribution in [0.25, 0.3) is 0 Å². The number of methoxy groups -OCH3 is 1. The Morgan fingerprint density at radius 2 is 1.73 bits per heavy atom. The fraction of sp³-hybridized carbons (Fsp3) is 0.143. The molecule has 0 aliphatic heterocycles. The molecule has 0 aliphatic carbocycles. The highest BCUT2D eigenvalue weighted by Crippen LogP contribution is 2.14. The first-order valence-electron chi connectivity index (χ1n) is 3.17.